The Kier molecular flexibility index (Phi) is 16.5. The Morgan fingerprint density at radius 3 is 1.25 bits per heavy atom. The van der Waals surface area contributed by atoms with E-state index in [-0.39, 0.29) is 18.7 Å². The minimum Gasteiger partial charge on any atom is -0.481 e. The van der Waals surface area contributed by atoms with E-state index >= 15 is 0 Å². The molecule has 0 aliphatic rings. The van der Waals surface area contributed by atoms with Gasteiger partial charge >= 0.3 is 23.9 Å². The van der Waals surface area contributed by atoms with E-state index in [2.05, 4.69) is 17.9 Å². The summed E-state index contributed by atoms with van der Waals surface area (Å²) in [5.74, 6) is -11.2. The van der Waals surface area contributed by atoms with E-state index in [0.29, 0.717) is 12.8 Å². The van der Waals surface area contributed by atoms with Gasteiger partial charge in [-0.15, -0.1) is 0 Å². The van der Waals surface area contributed by atoms with Gasteiger partial charge in [0.25, 0.3) is 0 Å². The molecular formula is C21H34N6O12S. The number of carboxylic acids is 4. The van der Waals surface area contributed by atoms with Crippen LogP contribution >= 0.6 is 12.6 Å². The van der Waals surface area contributed by atoms with E-state index in [9.17, 15) is 48.6 Å². The monoisotopic (exact) mass is 594 g/mol. The lowest BCUT2D eigenvalue weighted by molar-refractivity contribution is -0.145. The zero-order valence-corrected chi connectivity index (χ0v) is 22.1. The van der Waals surface area contributed by atoms with Gasteiger partial charge in [0, 0.05) is 5.75 Å². The Balaban J connectivity index is 5.83. The summed E-state index contributed by atoms with van der Waals surface area (Å²) in [5, 5.41) is 44.8. The Hall–Kier alpha value is -3.97. The molecule has 4 amide bonds. The van der Waals surface area contributed by atoms with Gasteiger partial charge in [-0.2, -0.15) is 12.6 Å². The summed E-state index contributed by atoms with van der Waals surface area (Å²) in [4.78, 5) is 95.5. The van der Waals surface area contributed by atoms with E-state index in [0.717, 1.165) is 0 Å². The Morgan fingerprint density at radius 2 is 0.950 bits per heavy atom. The van der Waals surface area contributed by atoms with E-state index in [4.69, 9.17) is 21.7 Å². The molecule has 0 saturated carbocycles. The first-order valence-corrected chi connectivity index (χ1v) is 12.4. The molecule has 0 fully saturated rings. The number of carbonyl (C=O) groups is 8. The number of rotatable bonds is 20. The van der Waals surface area contributed by atoms with Crippen LogP contribution < -0.4 is 32.7 Å². The topological polar surface area (TPSA) is 318 Å². The van der Waals surface area contributed by atoms with Crippen LogP contribution in [-0.4, -0.2) is 110 Å². The highest BCUT2D eigenvalue weighted by atomic mass is 32.1. The lowest BCUT2D eigenvalue weighted by Crippen LogP contribution is -2.59. The lowest BCUT2D eigenvalue weighted by atomic mass is 10.1. The standard InChI is InChI=1S/C21H34N6O12S/c22-4-2-1-3-10(21(38)39)24-18(35)12(6-15(30)31)26-20(37)13(7-16(32)33)27-19(36)11(5-14(28)29)25-17(34)9(23)8-40/h9-13,40H,1-8,22-23H2,(H,24,35)(H,25,34)(H,26,37)(H,27,36)(H,28,29)(H,30,31)(H,32,33)(H,38,39). The smallest absolute Gasteiger partial charge is 0.326 e. The average Bonchev–Trinajstić information content (AvgIpc) is 2.85. The third-order valence-electron chi connectivity index (χ3n) is 5.13. The van der Waals surface area contributed by atoms with Crippen LogP contribution in [0.25, 0.3) is 0 Å². The minimum atomic E-state index is -1.97. The Bertz CT molecular complexity index is 964. The molecule has 0 heterocycles. The quantitative estimate of drug-likeness (QED) is 0.0470. The molecule has 0 aliphatic heterocycles. The van der Waals surface area contributed by atoms with Crippen molar-refractivity contribution in [2.24, 2.45) is 11.5 Å². The SMILES string of the molecule is NCCCCC(NC(=O)C(CC(=O)O)NC(=O)C(CC(=O)O)NC(=O)C(CC(=O)O)NC(=O)C(N)CS)C(=O)O. The molecule has 5 unspecified atom stereocenters. The molecule has 0 aromatic rings. The maximum atomic E-state index is 12.8. The summed E-state index contributed by atoms with van der Waals surface area (Å²) in [6.07, 6.45) is -2.43. The van der Waals surface area contributed by atoms with Crippen LogP contribution in [0.15, 0.2) is 0 Å². The molecule has 18 nitrogen and oxygen atoms in total. The third-order valence-corrected chi connectivity index (χ3v) is 5.52. The molecule has 0 spiro atoms. The first-order chi connectivity index (χ1) is 18.6. The van der Waals surface area contributed by atoms with Crippen LogP contribution in [0.2, 0.25) is 0 Å². The predicted molar refractivity (Wildman–Crippen MR) is 137 cm³/mol. The first kappa shape index (κ1) is 36.0. The van der Waals surface area contributed by atoms with Gasteiger partial charge in [0.05, 0.1) is 25.3 Å². The number of carbonyl (C=O) groups excluding carboxylic acids is 4. The fraction of sp³-hybridized carbons (Fsp3) is 0.619. The van der Waals surface area contributed by atoms with Gasteiger partial charge in [0.2, 0.25) is 23.6 Å². The van der Waals surface area contributed by atoms with Crippen LogP contribution in [0.1, 0.15) is 38.5 Å². The van der Waals surface area contributed by atoms with E-state index in [1.807, 2.05) is 16.0 Å². The summed E-state index contributed by atoms with van der Waals surface area (Å²) >= 11 is 3.81. The van der Waals surface area contributed by atoms with E-state index in [1.165, 1.54) is 0 Å². The lowest BCUT2D eigenvalue weighted by Gasteiger charge is -2.25. The van der Waals surface area contributed by atoms with Gasteiger partial charge < -0.3 is 53.2 Å². The van der Waals surface area contributed by atoms with Crippen LogP contribution in [0, 0.1) is 0 Å². The molecular weight excluding hydrogens is 560 g/mol. The summed E-state index contributed by atoms with van der Waals surface area (Å²) in [6, 6.07) is -8.35. The normalized spacial score (nSPS) is 14.4. The molecule has 0 aromatic carbocycles. The third kappa shape index (κ3) is 14.3. The molecule has 0 rings (SSSR count). The molecule has 40 heavy (non-hydrogen) atoms. The van der Waals surface area contributed by atoms with Gasteiger partial charge in [-0.25, -0.2) is 4.79 Å². The summed E-state index contributed by atoms with van der Waals surface area (Å²) in [7, 11) is 0. The molecule has 0 bridgehead atoms. The first-order valence-electron chi connectivity index (χ1n) is 11.8. The van der Waals surface area contributed by atoms with Crippen LogP contribution in [-0.2, 0) is 38.4 Å². The fourth-order valence-electron chi connectivity index (χ4n) is 3.08. The van der Waals surface area contributed by atoms with E-state index in [1.54, 1.807) is 0 Å². The zero-order chi connectivity index (χ0) is 31.0. The molecule has 0 radical (unpaired) electrons. The van der Waals surface area contributed by atoms with Crippen molar-refractivity contribution in [1.29, 1.82) is 0 Å². The van der Waals surface area contributed by atoms with Gasteiger partial charge in [-0.05, 0) is 25.8 Å². The number of thiol groups is 1. The van der Waals surface area contributed by atoms with Crippen LogP contribution in [0.5, 0.6) is 0 Å². The van der Waals surface area contributed by atoms with Crippen molar-refractivity contribution in [3.05, 3.63) is 0 Å². The average molecular weight is 595 g/mol. The number of nitrogens with one attached hydrogen (secondary N) is 4. The van der Waals surface area contributed by atoms with Gasteiger partial charge in [-0.3, -0.25) is 33.6 Å². The molecule has 0 aliphatic carbocycles. The molecule has 0 saturated heterocycles. The predicted octanol–water partition coefficient (Wildman–Crippen LogP) is -4.18. The van der Waals surface area contributed by atoms with Crippen molar-refractivity contribution in [1.82, 2.24) is 21.3 Å². The van der Waals surface area contributed by atoms with Crippen LogP contribution in [0.4, 0.5) is 0 Å². The molecule has 0 aromatic heterocycles. The summed E-state index contributed by atoms with van der Waals surface area (Å²) < 4.78 is 0. The molecule has 12 N–H and O–H groups in total. The Labute approximate surface area is 233 Å². The second-order valence-electron chi connectivity index (χ2n) is 8.45. The number of hydrogen-bond donors (Lipinski definition) is 11. The molecule has 226 valence electrons. The van der Waals surface area contributed by atoms with Crippen molar-refractivity contribution < 1.29 is 58.8 Å². The van der Waals surface area contributed by atoms with Crippen molar-refractivity contribution >= 4 is 60.1 Å². The van der Waals surface area contributed by atoms with E-state index < -0.39 is 97.0 Å². The van der Waals surface area contributed by atoms with Gasteiger partial charge in [0.15, 0.2) is 0 Å². The summed E-state index contributed by atoms with van der Waals surface area (Å²) in [6.45, 7) is 0.258. The number of aliphatic carboxylic acids is 4. The van der Waals surface area contributed by atoms with Crippen molar-refractivity contribution in [2.75, 3.05) is 12.3 Å². The Morgan fingerprint density at radius 1 is 0.600 bits per heavy atom. The fourth-order valence-corrected chi connectivity index (χ4v) is 3.25. The summed E-state index contributed by atoms with van der Waals surface area (Å²) in [5.41, 5.74) is 10.8. The van der Waals surface area contributed by atoms with Crippen molar-refractivity contribution in [2.45, 2.75) is 68.7 Å². The van der Waals surface area contributed by atoms with Crippen molar-refractivity contribution in [3.63, 3.8) is 0 Å². The van der Waals surface area contributed by atoms with Crippen molar-refractivity contribution in [3.8, 4) is 0 Å². The van der Waals surface area contributed by atoms with Gasteiger partial charge in [0.1, 0.15) is 24.2 Å². The second-order valence-corrected chi connectivity index (χ2v) is 8.82. The number of carboxylic acid groups (broad SMARTS) is 4. The highest BCUT2D eigenvalue weighted by Crippen LogP contribution is 2.05. The highest BCUT2D eigenvalue weighted by molar-refractivity contribution is 7.80. The molecule has 19 heteroatoms. The van der Waals surface area contributed by atoms with Gasteiger partial charge in [-0.1, -0.05) is 0 Å². The minimum absolute atomic E-state index is 0.0583. The maximum absolute atomic E-state index is 12.8. The number of nitrogens with two attached hydrogens (primary N) is 2. The number of amides is 4. The number of unbranched alkanes of at least 4 members (excludes halogenated alkanes) is 1. The zero-order valence-electron chi connectivity index (χ0n) is 21.2. The highest BCUT2D eigenvalue weighted by Gasteiger charge is 2.34. The number of hydrogen-bond acceptors (Lipinski definition) is 11. The second kappa shape index (κ2) is 18.3. The van der Waals surface area contributed by atoms with Crippen LogP contribution in [0.3, 0.4) is 0 Å². The largest absolute Gasteiger partial charge is 0.481 e. The molecule has 5 atom stereocenters. The maximum Gasteiger partial charge on any atom is 0.326 e.